The Kier molecular flexibility index (Phi) is 2.72. The van der Waals surface area contributed by atoms with E-state index in [1.807, 2.05) is 13.1 Å². The number of aryl methyl sites for hydroxylation is 3. The van der Waals surface area contributed by atoms with Crippen molar-refractivity contribution in [3.05, 3.63) is 35.9 Å². The largest absolute Gasteiger partial charge is 0.476 e. The first-order valence-corrected chi connectivity index (χ1v) is 4.90. The molecule has 6 heteroatoms. The lowest BCUT2D eigenvalue weighted by Crippen LogP contribution is -2.07. The number of nitrogens with zero attached hydrogens (tertiary/aromatic N) is 4. The highest BCUT2D eigenvalue weighted by Gasteiger charge is 2.06. The van der Waals surface area contributed by atoms with Crippen LogP contribution < -0.4 is 0 Å². The van der Waals surface area contributed by atoms with Gasteiger partial charge < -0.3 is 5.11 Å². The third-order valence-electron chi connectivity index (χ3n) is 2.38. The zero-order chi connectivity index (χ0) is 11.5. The standard InChI is InChI=1S/C10H12N4O2/c1-13-8(2-5-11-13)3-6-14-7-4-9(12-14)10(15)16/h2,4-5,7H,3,6H2,1H3,(H,15,16). The highest BCUT2D eigenvalue weighted by molar-refractivity contribution is 5.84. The molecule has 2 heterocycles. The van der Waals surface area contributed by atoms with Gasteiger partial charge in [0.2, 0.25) is 0 Å². The zero-order valence-corrected chi connectivity index (χ0v) is 8.87. The summed E-state index contributed by atoms with van der Waals surface area (Å²) >= 11 is 0. The highest BCUT2D eigenvalue weighted by Crippen LogP contribution is 2.01. The van der Waals surface area contributed by atoms with E-state index in [2.05, 4.69) is 10.2 Å². The minimum absolute atomic E-state index is 0.0741. The van der Waals surface area contributed by atoms with Crippen LogP contribution in [-0.4, -0.2) is 30.6 Å². The Morgan fingerprint density at radius 1 is 1.50 bits per heavy atom. The Bertz CT molecular complexity index is 500. The van der Waals surface area contributed by atoms with Crippen LogP contribution in [0.2, 0.25) is 0 Å². The van der Waals surface area contributed by atoms with Gasteiger partial charge in [-0.1, -0.05) is 0 Å². The molecule has 1 N–H and O–H groups in total. The normalized spacial score (nSPS) is 10.6. The summed E-state index contributed by atoms with van der Waals surface area (Å²) in [6, 6.07) is 3.42. The number of carboxylic acid groups (broad SMARTS) is 1. The van der Waals surface area contributed by atoms with Crippen LogP contribution in [0.1, 0.15) is 16.2 Å². The summed E-state index contributed by atoms with van der Waals surface area (Å²) < 4.78 is 3.41. The number of carboxylic acids is 1. The van der Waals surface area contributed by atoms with Gasteiger partial charge in [-0.2, -0.15) is 10.2 Å². The predicted molar refractivity (Wildman–Crippen MR) is 56.1 cm³/mol. The maximum absolute atomic E-state index is 10.6. The molecule has 0 aliphatic rings. The molecule has 2 aromatic heterocycles. The third kappa shape index (κ3) is 2.10. The molecule has 0 spiro atoms. The van der Waals surface area contributed by atoms with Crippen LogP contribution in [0, 0.1) is 0 Å². The summed E-state index contributed by atoms with van der Waals surface area (Å²) in [5, 5.41) is 16.7. The van der Waals surface area contributed by atoms with Crippen molar-refractivity contribution in [3.63, 3.8) is 0 Å². The van der Waals surface area contributed by atoms with Crippen molar-refractivity contribution in [1.29, 1.82) is 0 Å². The quantitative estimate of drug-likeness (QED) is 0.817. The Morgan fingerprint density at radius 2 is 2.31 bits per heavy atom. The molecule has 0 atom stereocenters. The van der Waals surface area contributed by atoms with Crippen LogP contribution in [0.25, 0.3) is 0 Å². The molecule has 0 radical (unpaired) electrons. The summed E-state index contributed by atoms with van der Waals surface area (Å²) in [4.78, 5) is 10.6. The summed E-state index contributed by atoms with van der Waals surface area (Å²) in [7, 11) is 1.88. The van der Waals surface area contributed by atoms with Gasteiger partial charge in [-0.05, 0) is 12.1 Å². The van der Waals surface area contributed by atoms with Crippen molar-refractivity contribution in [2.24, 2.45) is 7.05 Å². The molecule has 0 unspecified atom stereocenters. The number of rotatable bonds is 4. The van der Waals surface area contributed by atoms with Gasteiger partial charge in [0, 0.05) is 38.1 Å². The van der Waals surface area contributed by atoms with Crippen molar-refractivity contribution >= 4 is 5.97 Å². The highest BCUT2D eigenvalue weighted by atomic mass is 16.4. The van der Waals surface area contributed by atoms with Crippen LogP contribution in [0.3, 0.4) is 0 Å². The topological polar surface area (TPSA) is 72.9 Å². The van der Waals surface area contributed by atoms with E-state index < -0.39 is 5.97 Å². The summed E-state index contributed by atoms with van der Waals surface area (Å²) in [6.07, 6.45) is 4.18. The van der Waals surface area contributed by atoms with Crippen LogP contribution in [-0.2, 0) is 20.0 Å². The van der Waals surface area contributed by atoms with Crippen molar-refractivity contribution in [1.82, 2.24) is 19.6 Å². The maximum Gasteiger partial charge on any atom is 0.356 e. The number of hydrogen-bond acceptors (Lipinski definition) is 3. The van der Waals surface area contributed by atoms with E-state index in [0.717, 1.165) is 12.1 Å². The second-order valence-electron chi connectivity index (χ2n) is 3.47. The molecule has 0 aliphatic heterocycles. The van der Waals surface area contributed by atoms with E-state index in [9.17, 15) is 4.79 Å². The average Bonchev–Trinajstić information content (AvgIpc) is 2.83. The maximum atomic E-state index is 10.6. The molecule has 0 fully saturated rings. The molecule has 2 rings (SSSR count). The van der Waals surface area contributed by atoms with Gasteiger partial charge in [0.1, 0.15) is 0 Å². The lowest BCUT2D eigenvalue weighted by molar-refractivity contribution is 0.0689. The van der Waals surface area contributed by atoms with Gasteiger partial charge in [-0.15, -0.1) is 0 Å². The number of hydrogen-bond donors (Lipinski definition) is 1. The Hall–Kier alpha value is -2.11. The van der Waals surface area contributed by atoms with E-state index in [1.54, 1.807) is 21.8 Å². The first-order valence-electron chi connectivity index (χ1n) is 4.90. The van der Waals surface area contributed by atoms with Gasteiger partial charge in [0.15, 0.2) is 5.69 Å². The van der Waals surface area contributed by atoms with Gasteiger partial charge >= 0.3 is 5.97 Å². The molecule has 16 heavy (non-hydrogen) atoms. The molecule has 0 saturated carbocycles. The summed E-state index contributed by atoms with van der Waals surface area (Å²) in [5.41, 5.74) is 1.16. The van der Waals surface area contributed by atoms with E-state index in [0.29, 0.717) is 6.54 Å². The predicted octanol–water partition coefficient (Wildman–Crippen LogP) is 0.558. The number of aromatic nitrogens is 4. The van der Waals surface area contributed by atoms with E-state index in [1.165, 1.54) is 6.07 Å². The lowest BCUT2D eigenvalue weighted by atomic mass is 10.3. The summed E-state index contributed by atoms with van der Waals surface area (Å²) in [6.45, 7) is 0.646. The lowest BCUT2D eigenvalue weighted by Gasteiger charge is -2.02. The Morgan fingerprint density at radius 3 is 2.88 bits per heavy atom. The van der Waals surface area contributed by atoms with Crippen LogP contribution in [0.4, 0.5) is 0 Å². The molecule has 6 nitrogen and oxygen atoms in total. The first kappa shape index (κ1) is 10.4. The van der Waals surface area contributed by atoms with Crippen LogP contribution >= 0.6 is 0 Å². The van der Waals surface area contributed by atoms with Crippen LogP contribution in [0.5, 0.6) is 0 Å². The van der Waals surface area contributed by atoms with Crippen molar-refractivity contribution in [2.75, 3.05) is 0 Å². The molecule has 0 saturated heterocycles. The fraction of sp³-hybridized carbons (Fsp3) is 0.300. The fourth-order valence-electron chi connectivity index (χ4n) is 1.48. The first-order chi connectivity index (χ1) is 7.66. The summed E-state index contributed by atoms with van der Waals surface area (Å²) in [5.74, 6) is -1.00. The molecule has 0 aliphatic carbocycles. The molecular weight excluding hydrogens is 208 g/mol. The van der Waals surface area contributed by atoms with Gasteiger partial charge in [-0.25, -0.2) is 4.79 Å². The molecular formula is C10H12N4O2. The number of aromatic carboxylic acids is 1. The van der Waals surface area contributed by atoms with E-state index >= 15 is 0 Å². The van der Waals surface area contributed by atoms with Gasteiger partial charge in [0.05, 0.1) is 0 Å². The fourth-order valence-corrected chi connectivity index (χ4v) is 1.48. The minimum atomic E-state index is -1.00. The zero-order valence-electron chi connectivity index (χ0n) is 8.87. The second-order valence-corrected chi connectivity index (χ2v) is 3.47. The molecule has 0 amide bonds. The molecule has 2 aromatic rings. The Labute approximate surface area is 92.1 Å². The second kappa shape index (κ2) is 4.18. The van der Waals surface area contributed by atoms with E-state index in [-0.39, 0.29) is 5.69 Å². The van der Waals surface area contributed by atoms with Crippen molar-refractivity contribution in [3.8, 4) is 0 Å². The third-order valence-corrected chi connectivity index (χ3v) is 2.38. The van der Waals surface area contributed by atoms with Gasteiger partial charge in [-0.3, -0.25) is 9.36 Å². The SMILES string of the molecule is Cn1nccc1CCn1ccc(C(=O)O)n1. The molecule has 0 bridgehead atoms. The van der Waals surface area contributed by atoms with Gasteiger partial charge in [0.25, 0.3) is 0 Å². The average molecular weight is 220 g/mol. The molecule has 84 valence electrons. The minimum Gasteiger partial charge on any atom is -0.476 e. The Balaban J connectivity index is 2.00. The van der Waals surface area contributed by atoms with Crippen molar-refractivity contribution in [2.45, 2.75) is 13.0 Å². The monoisotopic (exact) mass is 220 g/mol. The number of carbonyl (C=O) groups is 1. The van der Waals surface area contributed by atoms with Crippen LogP contribution in [0.15, 0.2) is 24.5 Å². The molecule has 0 aromatic carbocycles. The van der Waals surface area contributed by atoms with Crippen molar-refractivity contribution < 1.29 is 9.90 Å². The van der Waals surface area contributed by atoms with E-state index in [4.69, 9.17) is 5.11 Å². The smallest absolute Gasteiger partial charge is 0.356 e.